The standard InChI is InChI=1S/C16H10N2O3/c17-12(9-5-2-1-3-6-9)11-14(19)10-7-4-8-18-13(10)16(21)15(11)20/h1-8,17,19H. The van der Waals surface area contributed by atoms with Gasteiger partial charge in [0.25, 0.3) is 5.78 Å². The number of nitrogens with zero attached hydrogens (tertiary/aromatic N) is 1. The SMILES string of the molecule is N=C(C1=C(O)c2cccnc2C(=O)C1=O)c1ccccc1. The number of pyridine rings is 1. The third-order valence-corrected chi connectivity index (χ3v) is 3.26. The van der Waals surface area contributed by atoms with Crippen LogP contribution in [0, 0.1) is 5.41 Å². The van der Waals surface area contributed by atoms with E-state index in [9.17, 15) is 14.7 Å². The lowest BCUT2D eigenvalue weighted by Gasteiger charge is -2.17. The van der Waals surface area contributed by atoms with Gasteiger partial charge in [0.15, 0.2) is 0 Å². The predicted molar refractivity (Wildman–Crippen MR) is 76.4 cm³/mol. The lowest BCUT2D eigenvalue weighted by atomic mass is 9.87. The molecule has 0 spiro atoms. The molecule has 2 aromatic rings. The summed E-state index contributed by atoms with van der Waals surface area (Å²) in [6.07, 6.45) is 1.38. The minimum absolute atomic E-state index is 0.0791. The van der Waals surface area contributed by atoms with E-state index in [1.165, 1.54) is 12.3 Å². The molecule has 1 aliphatic rings. The lowest BCUT2D eigenvalue weighted by molar-refractivity contribution is -0.111. The molecule has 102 valence electrons. The summed E-state index contributed by atoms with van der Waals surface area (Å²) in [5, 5.41) is 18.4. The second-order valence-corrected chi connectivity index (χ2v) is 4.52. The molecule has 0 amide bonds. The van der Waals surface area contributed by atoms with E-state index in [-0.39, 0.29) is 28.3 Å². The van der Waals surface area contributed by atoms with Gasteiger partial charge >= 0.3 is 0 Å². The van der Waals surface area contributed by atoms with E-state index in [0.29, 0.717) is 5.56 Å². The molecule has 21 heavy (non-hydrogen) atoms. The number of aliphatic hydroxyl groups excluding tert-OH is 1. The normalized spacial score (nSPS) is 14.1. The number of allylic oxidation sites excluding steroid dienone is 1. The van der Waals surface area contributed by atoms with Crippen LogP contribution in [-0.2, 0) is 4.79 Å². The number of nitrogens with one attached hydrogen (secondary N) is 1. The first kappa shape index (κ1) is 12.9. The van der Waals surface area contributed by atoms with Gasteiger partial charge in [0, 0.05) is 17.3 Å². The highest BCUT2D eigenvalue weighted by Gasteiger charge is 2.36. The number of hydrogen-bond donors (Lipinski definition) is 2. The number of Topliss-reactive ketones (excluding diaryl/α,β-unsaturated/α-hetero) is 2. The van der Waals surface area contributed by atoms with Crippen molar-refractivity contribution in [3.8, 4) is 0 Å². The summed E-state index contributed by atoms with van der Waals surface area (Å²) < 4.78 is 0. The molecular weight excluding hydrogens is 268 g/mol. The first-order chi connectivity index (χ1) is 10.1. The van der Waals surface area contributed by atoms with Crippen molar-refractivity contribution in [2.75, 3.05) is 0 Å². The van der Waals surface area contributed by atoms with Crippen molar-refractivity contribution in [2.45, 2.75) is 0 Å². The van der Waals surface area contributed by atoms with Crippen molar-refractivity contribution in [1.82, 2.24) is 4.98 Å². The molecule has 1 heterocycles. The highest BCUT2D eigenvalue weighted by molar-refractivity contribution is 6.58. The van der Waals surface area contributed by atoms with Gasteiger partial charge in [-0.05, 0) is 12.1 Å². The summed E-state index contributed by atoms with van der Waals surface area (Å²) >= 11 is 0. The van der Waals surface area contributed by atoms with Gasteiger partial charge in [-0.25, -0.2) is 0 Å². The largest absolute Gasteiger partial charge is 0.506 e. The topological polar surface area (TPSA) is 91.1 Å². The van der Waals surface area contributed by atoms with Gasteiger partial charge in [-0.15, -0.1) is 0 Å². The Labute approximate surface area is 120 Å². The molecule has 0 fully saturated rings. The fraction of sp³-hybridized carbons (Fsp3) is 0. The summed E-state index contributed by atoms with van der Waals surface area (Å²) in [5.41, 5.74) is 0.0857. The second-order valence-electron chi connectivity index (χ2n) is 4.52. The van der Waals surface area contributed by atoms with Gasteiger partial charge in [-0.1, -0.05) is 30.3 Å². The molecule has 5 nitrogen and oxygen atoms in total. The minimum Gasteiger partial charge on any atom is -0.506 e. The zero-order chi connectivity index (χ0) is 15.0. The van der Waals surface area contributed by atoms with Crippen LogP contribution in [0.15, 0.2) is 54.2 Å². The van der Waals surface area contributed by atoms with E-state index in [0.717, 1.165) is 0 Å². The molecule has 1 aromatic carbocycles. The average molecular weight is 278 g/mol. The van der Waals surface area contributed by atoms with Gasteiger partial charge in [0.2, 0.25) is 5.78 Å². The van der Waals surface area contributed by atoms with Crippen molar-refractivity contribution < 1.29 is 14.7 Å². The number of fused-ring (bicyclic) bond motifs is 1. The third-order valence-electron chi connectivity index (χ3n) is 3.26. The number of carbonyl (C=O) groups excluding carboxylic acids is 2. The first-order valence-corrected chi connectivity index (χ1v) is 6.23. The van der Waals surface area contributed by atoms with E-state index >= 15 is 0 Å². The summed E-state index contributed by atoms with van der Waals surface area (Å²) in [6.45, 7) is 0. The van der Waals surface area contributed by atoms with Gasteiger partial charge in [0.05, 0.1) is 11.3 Å². The van der Waals surface area contributed by atoms with Crippen molar-refractivity contribution in [3.63, 3.8) is 0 Å². The number of aliphatic hydroxyl groups is 1. The van der Waals surface area contributed by atoms with Gasteiger partial charge in [0.1, 0.15) is 11.5 Å². The zero-order valence-corrected chi connectivity index (χ0v) is 10.8. The Balaban J connectivity index is 2.20. The molecule has 3 rings (SSSR count). The number of benzene rings is 1. The van der Waals surface area contributed by atoms with E-state index in [4.69, 9.17) is 5.41 Å². The molecule has 0 saturated heterocycles. The summed E-state index contributed by atoms with van der Waals surface area (Å²) in [6, 6.07) is 11.5. The molecule has 1 aliphatic carbocycles. The van der Waals surface area contributed by atoms with Crippen LogP contribution in [0.25, 0.3) is 5.76 Å². The number of rotatable bonds is 2. The van der Waals surface area contributed by atoms with Crippen molar-refractivity contribution in [3.05, 3.63) is 71.1 Å². The second kappa shape index (κ2) is 4.79. The Morgan fingerprint density at radius 3 is 2.43 bits per heavy atom. The van der Waals surface area contributed by atoms with Crippen LogP contribution in [0.1, 0.15) is 21.6 Å². The maximum atomic E-state index is 12.2. The van der Waals surface area contributed by atoms with Crippen molar-refractivity contribution >= 4 is 23.0 Å². The van der Waals surface area contributed by atoms with Crippen molar-refractivity contribution in [2.24, 2.45) is 0 Å². The summed E-state index contributed by atoms with van der Waals surface area (Å²) in [7, 11) is 0. The molecule has 0 atom stereocenters. The number of hydrogen-bond acceptors (Lipinski definition) is 5. The summed E-state index contributed by atoms with van der Waals surface area (Å²) in [4.78, 5) is 28.1. The van der Waals surface area contributed by atoms with Crippen LogP contribution in [0.2, 0.25) is 0 Å². The molecule has 0 aliphatic heterocycles. The van der Waals surface area contributed by atoms with E-state index in [1.54, 1.807) is 36.4 Å². The monoisotopic (exact) mass is 278 g/mol. The summed E-state index contributed by atoms with van der Waals surface area (Å²) in [5.74, 6) is -2.09. The van der Waals surface area contributed by atoms with E-state index in [1.807, 2.05) is 0 Å². The van der Waals surface area contributed by atoms with Crippen LogP contribution in [0.5, 0.6) is 0 Å². The van der Waals surface area contributed by atoms with E-state index in [2.05, 4.69) is 4.98 Å². The maximum Gasteiger partial charge on any atom is 0.252 e. The molecule has 0 saturated carbocycles. The lowest BCUT2D eigenvalue weighted by Crippen LogP contribution is -2.29. The Morgan fingerprint density at radius 2 is 1.71 bits per heavy atom. The Morgan fingerprint density at radius 1 is 1.00 bits per heavy atom. The number of ketones is 2. The highest BCUT2D eigenvalue weighted by atomic mass is 16.3. The minimum atomic E-state index is -0.910. The van der Waals surface area contributed by atoms with Crippen molar-refractivity contribution in [1.29, 1.82) is 5.41 Å². The quantitative estimate of drug-likeness (QED) is 0.650. The van der Waals surface area contributed by atoms with Crippen LogP contribution in [0.3, 0.4) is 0 Å². The van der Waals surface area contributed by atoms with Crippen LogP contribution < -0.4 is 0 Å². The van der Waals surface area contributed by atoms with Crippen LogP contribution >= 0.6 is 0 Å². The highest BCUT2D eigenvalue weighted by Crippen LogP contribution is 2.28. The molecular formula is C16H10N2O3. The van der Waals surface area contributed by atoms with E-state index < -0.39 is 11.6 Å². The fourth-order valence-electron chi connectivity index (χ4n) is 2.22. The average Bonchev–Trinajstić information content (AvgIpc) is 2.53. The van der Waals surface area contributed by atoms with Gasteiger partial charge in [-0.3, -0.25) is 20.0 Å². The van der Waals surface area contributed by atoms with Gasteiger partial charge < -0.3 is 5.11 Å². The fourth-order valence-corrected chi connectivity index (χ4v) is 2.22. The molecule has 0 bridgehead atoms. The molecule has 1 aromatic heterocycles. The van der Waals surface area contributed by atoms with Crippen LogP contribution in [-0.4, -0.2) is 27.4 Å². The number of carbonyl (C=O) groups is 2. The van der Waals surface area contributed by atoms with Crippen LogP contribution in [0.4, 0.5) is 0 Å². The Kier molecular flexibility index (Phi) is 2.95. The molecule has 5 heteroatoms. The predicted octanol–water partition coefficient (Wildman–Crippen LogP) is 2.18. The molecule has 0 unspecified atom stereocenters. The third kappa shape index (κ3) is 1.95. The zero-order valence-electron chi connectivity index (χ0n) is 10.8. The number of aromatic nitrogens is 1. The molecule has 0 radical (unpaired) electrons. The molecule has 2 N–H and O–H groups in total. The maximum absolute atomic E-state index is 12.2. The smallest absolute Gasteiger partial charge is 0.252 e. The Bertz CT molecular complexity index is 807. The Hall–Kier alpha value is -3.08. The van der Waals surface area contributed by atoms with Gasteiger partial charge in [-0.2, -0.15) is 0 Å². The first-order valence-electron chi connectivity index (χ1n) is 6.23.